The maximum Gasteiger partial charge on any atom is 0.228 e. The van der Waals surface area contributed by atoms with Crippen LogP contribution in [0.4, 0.5) is 5.69 Å². The zero-order valence-corrected chi connectivity index (χ0v) is 15.9. The normalized spacial score (nSPS) is 16.4. The molecule has 1 aliphatic heterocycles. The number of hydrogen-bond donors (Lipinski definition) is 0. The molecule has 27 heavy (non-hydrogen) atoms. The Morgan fingerprint density at radius 2 is 1.81 bits per heavy atom. The molecule has 2 aromatic carbocycles. The molecule has 2 aromatic rings. The quantitative estimate of drug-likeness (QED) is 0.754. The van der Waals surface area contributed by atoms with Crippen molar-refractivity contribution in [1.82, 2.24) is 4.90 Å². The summed E-state index contributed by atoms with van der Waals surface area (Å²) in [4.78, 5) is 29.0. The molecule has 142 valence electrons. The molecule has 0 N–H and O–H groups in total. The van der Waals surface area contributed by atoms with Crippen molar-refractivity contribution in [3.8, 4) is 5.75 Å². The van der Waals surface area contributed by atoms with Crippen molar-refractivity contribution in [2.45, 2.75) is 26.8 Å². The number of carbonyl (C=O) groups excluding carboxylic acids is 2. The Morgan fingerprint density at radius 3 is 2.44 bits per heavy atom. The first kappa shape index (κ1) is 19.0. The van der Waals surface area contributed by atoms with Crippen LogP contribution in [0.1, 0.15) is 25.8 Å². The number of benzene rings is 2. The summed E-state index contributed by atoms with van der Waals surface area (Å²) in [6, 6.07) is 17.4. The first-order chi connectivity index (χ1) is 13.1. The molecule has 1 aliphatic rings. The van der Waals surface area contributed by atoms with Gasteiger partial charge in [0.2, 0.25) is 11.8 Å². The number of nitrogens with zero attached hydrogens (tertiary/aromatic N) is 2. The van der Waals surface area contributed by atoms with Crippen molar-refractivity contribution in [1.29, 1.82) is 0 Å². The average Bonchev–Trinajstić information content (AvgIpc) is 3.09. The summed E-state index contributed by atoms with van der Waals surface area (Å²) in [6.07, 6.45) is 0.261. The highest BCUT2D eigenvalue weighted by atomic mass is 16.5. The summed E-state index contributed by atoms with van der Waals surface area (Å²) in [5, 5.41) is 0. The SMILES string of the molecule is CCOc1ccc(N2CC(C(=O)N(CC)Cc3ccccc3)CC2=O)cc1. The van der Waals surface area contributed by atoms with Gasteiger partial charge in [-0.25, -0.2) is 0 Å². The van der Waals surface area contributed by atoms with Crippen molar-refractivity contribution in [2.24, 2.45) is 5.92 Å². The third kappa shape index (κ3) is 4.48. The molecule has 2 amide bonds. The van der Waals surface area contributed by atoms with Gasteiger partial charge < -0.3 is 14.5 Å². The van der Waals surface area contributed by atoms with Crippen LogP contribution in [0.5, 0.6) is 5.75 Å². The van der Waals surface area contributed by atoms with Crippen LogP contribution < -0.4 is 9.64 Å². The fraction of sp³-hybridized carbons (Fsp3) is 0.364. The van der Waals surface area contributed by atoms with Crippen LogP contribution in [-0.4, -0.2) is 36.4 Å². The van der Waals surface area contributed by atoms with Gasteiger partial charge in [-0.1, -0.05) is 30.3 Å². The van der Waals surface area contributed by atoms with Crippen LogP contribution in [-0.2, 0) is 16.1 Å². The van der Waals surface area contributed by atoms with Gasteiger partial charge >= 0.3 is 0 Å². The molecule has 1 heterocycles. The summed E-state index contributed by atoms with van der Waals surface area (Å²) in [5.41, 5.74) is 1.91. The minimum Gasteiger partial charge on any atom is -0.494 e. The zero-order valence-electron chi connectivity index (χ0n) is 15.9. The van der Waals surface area contributed by atoms with E-state index >= 15 is 0 Å². The van der Waals surface area contributed by atoms with E-state index in [4.69, 9.17) is 4.74 Å². The highest BCUT2D eigenvalue weighted by Gasteiger charge is 2.36. The van der Waals surface area contributed by atoms with E-state index in [1.165, 1.54) is 0 Å². The molecule has 1 saturated heterocycles. The topological polar surface area (TPSA) is 49.9 Å². The van der Waals surface area contributed by atoms with Crippen molar-refractivity contribution in [3.05, 3.63) is 60.2 Å². The van der Waals surface area contributed by atoms with E-state index in [-0.39, 0.29) is 24.2 Å². The first-order valence-corrected chi connectivity index (χ1v) is 9.48. The van der Waals surface area contributed by atoms with E-state index in [9.17, 15) is 9.59 Å². The fourth-order valence-electron chi connectivity index (χ4n) is 3.42. The lowest BCUT2D eigenvalue weighted by Gasteiger charge is -2.24. The van der Waals surface area contributed by atoms with Crippen molar-refractivity contribution < 1.29 is 14.3 Å². The van der Waals surface area contributed by atoms with Gasteiger partial charge in [-0.15, -0.1) is 0 Å². The van der Waals surface area contributed by atoms with E-state index in [0.29, 0.717) is 26.2 Å². The third-order valence-electron chi connectivity index (χ3n) is 4.84. The number of hydrogen-bond acceptors (Lipinski definition) is 3. The van der Waals surface area contributed by atoms with Crippen molar-refractivity contribution in [3.63, 3.8) is 0 Å². The fourth-order valence-corrected chi connectivity index (χ4v) is 3.42. The van der Waals surface area contributed by atoms with Gasteiger partial charge in [0, 0.05) is 31.7 Å². The first-order valence-electron chi connectivity index (χ1n) is 9.48. The van der Waals surface area contributed by atoms with Crippen molar-refractivity contribution >= 4 is 17.5 Å². The Balaban J connectivity index is 1.67. The second-order valence-corrected chi connectivity index (χ2v) is 6.67. The lowest BCUT2D eigenvalue weighted by Crippen LogP contribution is -2.37. The Hall–Kier alpha value is -2.82. The number of rotatable bonds is 7. The molecule has 0 aromatic heterocycles. The molecule has 5 nitrogen and oxygen atoms in total. The molecule has 0 spiro atoms. The summed E-state index contributed by atoms with van der Waals surface area (Å²) in [7, 11) is 0. The molecular formula is C22H26N2O3. The highest BCUT2D eigenvalue weighted by molar-refractivity contribution is 6.00. The largest absolute Gasteiger partial charge is 0.494 e. The van der Waals surface area contributed by atoms with Crippen LogP contribution in [0.15, 0.2) is 54.6 Å². The van der Waals surface area contributed by atoms with Crippen LogP contribution in [0.2, 0.25) is 0 Å². The maximum absolute atomic E-state index is 13.0. The highest BCUT2D eigenvalue weighted by Crippen LogP contribution is 2.28. The third-order valence-corrected chi connectivity index (χ3v) is 4.84. The summed E-state index contributed by atoms with van der Waals surface area (Å²) in [6.45, 7) is 6.14. The summed E-state index contributed by atoms with van der Waals surface area (Å²) in [5.74, 6) is 0.518. The average molecular weight is 366 g/mol. The van der Waals surface area contributed by atoms with E-state index in [1.54, 1.807) is 4.90 Å². The maximum atomic E-state index is 13.0. The molecule has 0 bridgehead atoms. The summed E-state index contributed by atoms with van der Waals surface area (Å²) >= 11 is 0. The molecule has 1 fully saturated rings. The predicted octanol–water partition coefficient (Wildman–Crippen LogP) is 3.49. The van der Waals surface area contributed by atoms with E-state index in [2.05, 4.69) is 0 Å². The van der Waals surface area contributed by atoms with E-state index < -0.39 is 0 Å². The van der Waals surface area contributed by atoms with Gasteiger partial charge in [0.05, 0.1) is 12.5 Å². The van der Waals surface area contributed by atoms with Gasteiger partial charge in [-0.2, -0.15) is 0 Å². The molecule has 0 saturated carbocycles. The molecule has 3 rings (SSSR count). The predicted molar refractivity (Wildman–Crippen MR) is 106 cm³/mol. The molecular weight excluding hydrogens is 340 g/mol. The summed E-state index contributed by atoms with van der Waals surface area (Å²) < 4.78 is 5.45. The minimum atomic E-state index is -0.298. The number of ether oxygens (including phenoxy) is 1. The van der Waals surface area contributed by atoms with Gasteiger partial charge in [-0.3, -0.25) is 9.59 Å². The molecule has 5 heteroatoms. The number of anilines is 1. The van der Waals surface area contributed by atoms with Crippen LogP contribution in [0.3, 0.4) is 0 Å². The monoisotopic (exact) mass is 366 g/mol. The smallest absolute Gasteiger partial charge is 0.228 e. The van der Waals surface area contributed by atoms with Crippen molar-refractivity contribution in [2.75, 3.05) is 24.6 Å². The Kier molecular flexibility index (Phi) is 6.12. The minimum absolute atomic E-state index is 0.00623. The molecule has 0 radical (unpaired) electrons. The molecule has 1 atom stereocenters. The van der Waals surface area contributed by atoms with Crippen LogP contribution in [0.25, 0.3) is 0 Å². The second kappa shape index (κ2) is 8.71. The van der Waals surface area contributed by atoms with Gasteiger partial charge in [0.1, 0.15) is 5.75 Å². The Labute approximate surface area is 160 Å². The van der Waals surface area contributed by atoms with E-state index in [0.717, 1.165) is 17.0 Å². The van der Waals surface area contributed by atoms with Crippen LogP contribution in [0, 0.1) is 5.92 Å². The molecule has 0 aliphatic carbocycles. The second-order valence-electron chi connectivity index (χ2n) is 6.67. The van der Waals surface area contributed by atoms with E-state index in [1.807, 2.05) is 73.3 Å². The standard InChI is InChI=1S/C22H26N2O3/c1-3-23(15-17-8-6-5-7-9-17)22(26)18-14-21(25)24(16-18)19-10-12-20(13-11-19)27-4-2/h5-13,18H,3-4,14-16H2,1-2H3. The number of carbonyl (C=O) groups is 2. The Morgan fingerprint density at radius 1 is 1.11 bits per heavy atom. The van der Waals surface area contributed by atoms with Crippen LogP contribution >= 0.6 is 0 Å². The number of amides is 2. The van der Waals surface area contributed by atoms with Gasteiger partial charge in [0.15, 0.2) is 0 Å². The zero-order chi connectivity index (χ0) is 19.2. The van der Waals surface area contributed by atoms with Gasteiger partial charge in [0.25, 0.3) is 0 Å². The Bertz CT molecular complexity index is 774. The van der Waals surface area contributed by atoms with Gasteiger partial charge in [-0.05, 0) is 43.7 Å². The molecule has 1 unspecified atom stereocenters. The lowest BCUT2D eigenvalue weighted by molar-refractivity contribution is -0.136. The lowest BCUT2D eigenvalue weighted by atomic mass is 10.1.